The van der Waals surface area contributed by atoms with Crippen LogP contribution in [-0.2, 0) is 11.3 Å². The summed E-state index contributed by atoms with van der Waals surface area (Å²) in [7, 11) is 1.69. The Labute approximate surface area is 151 Å². The molecule has 0 spiro atoms. The van der Waals surface area contributed by atoms with Gasteiger partial charge in [0.1, 0.15) is 5.75 Å². The molecule has 2 fully saturated rings. The second kappa shape index (κ2) is 8.68. The maximum atomic E-state index is 12.9. The average Bonchev–Trinajstić information content (AvgIpc) is 2.87. The quantitative estimate of drug-likeness (QED) is 0.908. The molecule has 2 aliphatic heterocycles. The van der Waals surface area contributed by atoms with Crippen LogP contribution in [-0.4, -0.2) is 61.6 Å². The molecule has 1 aromatic carbocycles. The Morgan fingerprint density at radius 2 is 2.00 bits per heavy atom. The first kappa shape index (κ1) is 18.2. The number of amides is 1. The molecule has 1 amide bonds. The maximum absolute atomic E-state index is 12.9. The van der Waals surface area contributed by atoms with Gasteiger partial charge in [0.2, 0.25) is 5.91 Å². The molecule has 0 radical (unpaired) electrons. The molecule has 138 valence electrons. The van der Waals surface area contributed by atoms with Crippen LogP contribution in [0.2, 0.25) is 0 Å². The van der Waals surface area contributed by atoms with Gasteiger partial charge in [0.15, 0.2) is 0 Å². The molecule has 1 aromatic rings. The monoisotopic (exact) mass is 345 g/mol. The SMILES string of the molecule is COc1ccc(CN2CCCN(C(=O)[C@H]3CCN[C@@H](C)C3)CC2)cc1. The highest BCUT2D eigenvalue weighted by molar-refractivity contribution is 5.79. The summed E-state index contributed by atoms with van der Waals surface area (Å²) in [5, 5.41) is 3.44. The fourth-order valence-electron chi connectivity index (χ4n) is 3.95. The van der Waals surface area contributed by atoms with Gasteiger partial charge in [-0.05, 0) is 50.4 Å². The molecule has 0 aliphatic carbocycles. The van der Waals surface area contributed by atoms with E-state index < -0.39 is 0 Å². The summed E-state index contributed by atoms with van der Waals surface area (Å²) in [5.74, 6) is 1.48. The van der Waals surface area contributed by atoms with Crippen LogP contribution in [0.3, 0.4) is 0 Å². The van der Waals surface area contributed by atoms with E-state index in [4.69, 9.17) is 4.74 Å². The van der Waals surface area contributed by atoms with Crippen LogP contribution >= 0.6 is 0 Å². The van der Waals surface area contributed by atoms with E-state index in [1.54, 1.807) is 7.11 Å². The van der Waals surface area contributed by atoms with Crippen molar-refractivity contribution in [2.24, 2.45) is 5.92 Å². The maximum Gasteiger partial charge on any atom is 0.225 e. The van der Waals surface area contributed by atoms with Crippen molar-refractivity contribution in [3.8, 4) is 5.75 Å². The van der Waals surface area contributed by atoms with Gasteiger partial charge in [-0.1, -0.05) is 12.1 Å². The van der Waals surface area contributed by atoms with Crippen LogP contribution < -0.4 is 10.1 Å². The number of nitrogens with one attached hydrogen (secondary N) is 1. The summed E-state index contributed by atoms with van der Waals surface area (Å²) in [6, 6.07) is 8.75. The Balaban J connectivity index is 1.52. The summed E-state index contributed by atoms with van der Waals surface area (Å²) in [4.78, 5) is 17.4. The van der Waals surface area contributed by atoms with E-state index in [0.717, 1.165) is 64.3 Å². The van der Waals surface area contributed by atoms with Gasteiger partial charge in [-0.2, -0.15) is 0 Å². The lowest BCUT2D eigenvalue weighted by atomic mass is 9.92. The predicted octanol–water partition coefficient (Wildman–Crippen LogP) is 2.12. The Bertz CT molecular complexity index is 561. The number of hydrogen-bond donors (Lipinski definition) is 1. The third-order valence-corrected chi connectivity index (χ3v) is 5.44. The molecule has 3 rings (SSSR count). The van der Waals surface area contributed by atoms with Crippen molar-refractivity contribution >= 4 is 5.91 Å². The lowest BCUT2D eigenvalue weighted by Crippen LogP contribution is -2.45. The Morgan fingerprint density at radius 1 is 1.20 bits per heavy atom. The lowest BCUT2D eigenvalue weighted by molar-refractivity contribution is -0.136. The normalized spacial score (nSPS) is 25.4. The number of rotatable bonds is 4. The molecule has 5 heteroatoms. The van der Waals surface area contributed by atoms with E-state index in [2.05, 4.69) is 34.2 Å². The van der Waals surface area contributed by atoms with Gasteiger partial charge in [0.25, 0.3) is 0 Å². The minimum atomic E-state index is 0.212. The van der Waals surface area contributed by atoms with Crippen LogP contribution in [0, 0.1) is 5.92 Å². The summed E-state index contributed by atoms with van der Waals surface area (Å²) in [5.41, 5.74) is 1.30. The molecular formula is C20H31N3O2. The Morgan fingerprint density at radius 3 is 2.72 bits per heavy atom. The molecule has 0 unspecified atom stereocenters. The standard InChI is InChI=1S/C20H31N3O2/c1-16-14-18(8-9-21-16)20(24)23-11-3-10-22(12-13-23)15-17-4-6-19(25-2)7-5-17/h4-7,16,18,21H,3,8-15H2,1-2H3/t16-,18-/m0/s1. The second-order valence-electron chi connectivity index (χ2n) is 7.38. The highest BCUT2D eigenvalue weighted by Gasteiger charge is 2.29. The number of nitrogens with zero attached hydrogens (tertiary/aromatic N) is 2. The Kier molecular flexibility index (Phi) is 6.32. The number of methoxy groups -OCH3 is 1. The summed E-state index contributed by atoms with van der Waals surface area (Å²) in [6.07, 6.45) is 3.02. The molecule has 2 aliphatic rings. The van der Waals surface area contributed by atoms with Crippen LogP contribution in [0.1, 0.15) is 31.7 Å². The number of piperidine rings is 1. The highest BCUT2D eigenvalue weighted by Crippen LogP contribution is 2.20. The molecule has 0 bridgehead atoms. The van der Waals surface area contributed by atoms with Gasteiger partial charge in [-0.15, -0.1) is 0 Å². The molecule has 0 aromatic heterocycles. The smallest absolute Gasteiger partial charge is 0.225 e. The molecule has 5 nitrogen and oxygen atoms in total. The molecule has 2 saturated heterocycles. The lowest BCUT2D eigenvalue weighted by Gasteiger charge is -2.31. The second-order valence-corrected chi connectivity index (χ2v) is 7.38. The van der Waals surface area contributed by atoms with Crippen LogP contribution in [0.15, 0.2) is 24.3 Å². The van der Waals surface area contributed by atoms with Gasteiger partial charge < -0.3 is 15.0 Å². The molecule has 0 saturated carbocycles. The van der Waals surface area contributed by atoms with Gasteiger partial charge >= 0.3 is 0 Å². The Hall–Kier alpha value is -1.59. The van der Waals surface area contributed by atoms with Crippen molar-refractivity contribution in [1.29, 1.82) is 0 Å². The summed E-state index contributed by atoms with van der Waals surface area (Å²) < 4.78 is 5.22. The first-order valence-electron chi connectivity index (χ1n) is 9.53. The van der Waals surface area contributed by atoms with Gasteiger partial charge in [-0.3, -0.25) is 9.69 Å². The van der Waals surface area contributed by atoms with Crippen molar-refractivity contribution in [2.75, 3.05) is 39.8 Å². The number of hydrogen-bond acceptors (Lipinski definition) is 4. The van der Waals surface area contributed by atoms with Crippen molar-refractivity contribution in [3.63, 3.8) is 0 Å². The average molecular weight is 345 g/mol. The number of ether oxygens (including phenoxy) is 1. The van der Waals surface area contributed by atoms with Gasteiger partial charge in [-0.25, -0.2) is 0 Å². The van der Waals surface area contributed by atoms with Crippen LogP contribution in [0.4, 0.5) is 0 Å². The number of carbonyl (C=O) groups is 1. The van der Waals surface area contributed by atoms with Crippen molar-refractivity contribution in [2.45, 2.75) is 38.8 Å². The van der Waals surface area contributed by atoms with Crippen LogP contribution in [0.5, 0.6) is 5.75 Å². The first-order chi connectivity index (χ1) is 12.2. The molecule has 2 heterocycles. The third-order valence-electron chi connectivity index (χ3n) is 5.44. The van der Waals surface area contributed by atoms with E-state index in [1.165, 1.54) is 5.56 Å². The van der Waals surface area contributed by atoms with Gasteiger partial charge in [0, 0.05) is 44.7 Å². The van der Waals surface area contributed by atoms with E-state index >= 15 is 0 Å². The van der Waals surface area contributed by atoms with Crippen LogP contribution in [0.25, 0.3) is 0 Å². The largest absolute Gasteiger partial charge is 0.497 e. The fourth-order valence-corrected chi connectivity index (χ4v) is 3.95. The summed E-state index contributed by atoms with van der Waals surface area (Å²) in [6.45, 7) is 7.85. The van der Waals surface area contributed by atoms with E-state index in [0.29, 0.717) is 11.9 Å². The molecular weight excluding hydrogens is 314 g/mol. The van der Waals surface area contributed by atoms with E-state index in [-0.39, 0.29) is 5.92 Å². The van der Waals surface area contributed by atoms with Crippen molar-refractivity contribution in [1.82, 2.24) is 15.1 Å². The van der Waals surface area contributed by atoms with Crippen molar-refractivity contribution < 1.29 is 9.53 Å². The fraction of sp³-hybridized carbons (Fsp3) is 0.650. The summed E-state index contributed by atoms with van der Waals surface area (Å²) >= 11 is 0. The zero-order valence-corrected chi connectivity index (χ0v) is 15.5. The molecule has 2 atom stereocenters. The predicted molar refractivity (Wildman–Crippen MR) is 99.7 cm³/mol. The van der Waals surface area contributed by atoms with E-state index in [1.807, 2.05) is 12.1 Å². The third kappa shape index (κ3) is 4.95. The number of carbonyl (C=O) groups excluding carboxylic acids is 1. The minimum absolute atomic E-state index is 0.212. The highest BCUT2D eigenvalue weighted by atomic mass is 16.5. The number of benzene rings is 1. The van der Waals surface area contributed by atoms with E-state index in [9.17, 15) is 4.79 Å². The zero-order valence-electron chi connectivity index (χ0n) is 15.5. The molecule has 1 N–H and O–H groups in total. The van der Waals surface area contributed by atoms with Crippen molar-refractivity contribution in [3.05, 3.63) is 29.8 Å². The first-order valence-corrected chi connectivity index (χ1v) is 9.53. The topological polar surface area (TPSA) is 44.8 Å². The zero-order chi connectivity index (χ0) is 17.6. The van der Waals surface area contributed by atoms with Gasteiger partial charge in [0.05, 0.1) is 7.11 Å². The minimum Gasteiger partial charge on any atom is -0.497 e. The molecule has 25 heavy (non-hydrogen) atoms.